The summed E-state index contributed by atoms with van der Waals surface area (Å²) in [6.07, 6.45) is 0.813. The average Bonchev–Trinajstić information content (AvgIpc) is 2.97. The van der Waals surface area contributed by atoms with Crippen LogP contribution in [0.2, 0.25) is 0 Å². The maximum absolute atomic E-state index is 12.0. The predicted molar refractivity (Wildman–Crippen MR) is 92.3 cm³/mol. The van der Waals surface area contributed by atoms with E-state index in [1.54, 1.807) is 0 Å². The Bertz CT molecular complexity index is 851. The lowest BCUT2D eigenvalue weighted by Crippen LogP contribution is -2.19. The molecule has 0 bridgehead atoms. The van der Waals surface area contributed by atoms with Crippen LogP contribution < -0.4 is 5.32 Å². The van der Waals surface area contributed by atoms with Crippen molar-refractivity contribution in [2.75, 3.05) is 5.32 Å². The summed E-state index contributed by atoms with van der Waals surface area (Å²) in [5.74, 6) is 0.608. The van der Waals surface area contributed by atoms with Crippen LogP contribution in [0.15, 0.2) is 46.9 Å². The lowest BCUT2D eigenvalue weighted by Gasteiger charge is -2.09. The van der Waals surface area contributed by atoms with Gasteiger partial charge in [-0.25, -0.2) is 4.98 Å². The average molecular weight is 308 g/mol. The molecule has 118 valence electrons. The third-order valence-corrected chi connectivity index (χ3v) is 4.09. The number of hydrogen-bond acceptors (Lipinski definition) is 3. The SMILES string of the molecule is CCC(C)C(=O)Nc1ccc2nc(-c3ccccc3C)oc2c1. The summed E-state index contributed by atoms with van der Waals surface area (Å²) in [5, 5.41) is 2.92. The summed E-state index contributed by atoms with van der Waals surface area (Å²) in [6.45, 7) is 5.94. The van der Waals surface area contributed by atoms with Gasteiger partial charge in [-0.1, -0.05) is 32.0 Å². The van der Waals surface area contributed by atoms with Crippen LogP contribution in [0.4, 0.5) is 5.69 Å². The monoisotopic (exact) mass is 308 g/mol. The third kappa shape index (κ3) is 3.11. The highest BCUT2D eigenvalue weighted by Gasteiger charge is 2.13. The van der Waals surface area contributed by atoms with Crippen molar-refractivity contribution in [3.05, 3.63) is 48.0 Å². The number of fused-ring (bicyclic) bond motifs is 1. The van der Waals surface area contributed by atoms with E-state index < -0.39 is 0 Å². The van der Waals surface area contributed by atoms with Gasteiger partial charge in [0.05, 0.1) is 0 Å². The first-order chi connectivity index (χ1) is 11.1. The Morgan fingerprint density at radius 2 is 2.04 bits per heavy atom. The fourth-order valence-electron chi connectivity index (χ4n) is 2.38. The van der Waals surface area contributed by atoms with Crippen molar-refractivity contribution >= 4 is 22.7 Å². The van der Waals surface area contributed by atoms with Crippen molar-refractivity contribution in [2.24, 2.45) is 5.92 Å². The van der Waals surface area contributed by atoms with Crippen LogP contribution in [0, 0.1) is 12.8 Å². The van der Waals surface area contributed by atoms with Crippen LogP contribution in [0.1, 0.15) is 25.8 Å². The molecule has 0 radical (unpaired) electrons. The molecule has 0 saturated heterocycles. The summed E-state index contributed by atoms with van der Waals surface area (Å²) >= 11 is 0. The number of benzene rings is 2. The topological polar surface area (TPSA) is 55.1 Å². The van der Waals surface area contributed by atoms with E-state index in [4.69, 9.17) is 4.42 Å². The molecule has 23 heavy (non-hydrogen) atoms. The number of amides is 1. The van der Waals surface area contributed by atoms with E-state index in [9.17, 15) is 4.79 Å². The number of anilines is 1. The summed E-state index contributed by atoms with van der Waals surface area (Å²) < 4.78 is 5.88. The van der Waals surface area contributed by atoms with E-state index in [0.29, 0.717) is 11.5 Å². The van der Waals surface area contributed by atoms with E-state index in [2.05, 4.69) is 10.3 Å². The number of nitrogens with one attached hydrogen (secondary N) is 1. The molecule has 4 heteroatoms. The van der Waals surface area contributed by atoms with Crippen LogP contribution in [-0.2, 0) is 4.79 Å². The molecule has 1 N–H and O–H groups in total. The van der Waals surface area contributed by atoms with Gasteiger partial charge in [0.2, 0.25) is 11.8 Å². The number of carbonyl (C=O) groups excluding carboxylic acids is 1. The first-order valence-corrected chi connectivity index (χ1v) is 7.86. The highest BCUT2D eigenvalue weighted by atomic mass is 16.3. The summed E-state index contributed by atoms with van der Waals surface area (Å²) in [6, 6.07) is 13.5. The molecular weight excluding hydrogens is 288 g/mol. The molecule has 1 aromatic heterocycles. The predicted octanol–water partition coefficient (Wildman–Crippen LogP) is 4.79. The second-order valence-electron chi connectivity index (χ2n) is 5.81. The summed E-state index contributed by atoms with van der Waals surface area (Å²) in [7, 11) is 0. The van der Waals surface area contributed by atoms with Gasteiger partial charge in [0.25, 0.3) is 0 Å². The zero-order chi connectivity index (χ0) is 16.4. The molecule has 0 spiro atoms. The molecule has 1 atom stereocenters. The Hall–Kier alpha value is -2.62. The number of oxazole rings is 1. The molecule has 3 rings (SSSR count). The molecular formula is C19H20N2O2. The van der Waals surface area contributed by atoms with Crippen molar-refractivity contribution in [3.63, 3.8) is 0 Å². The molecule has 3 aromatic rings. The number of aromatic nitrogens is 1. The number of nitrogens with zero attached hydrogens (tertiary/aromatic N) is 1. The van der Waals surface area contributed by atoms with Gasteiger partial charge in [-0.3, -0.25) is 4.79 Å². The molecule has 0 aliphatic heterocycles. The molecule has 0 aliphatic carbocycles. The smallest absolute Gasteiger partial charge is 0.227 e. The van der Waals surface area contributed by atoms with Gasteiger partial charge in [-0.15, -0.1) is 0 Å². The lowest BCUT2D eigenvalue weighted by molar-refractivity contribution is -0.119. The van der Waals surface area contributed by atoms with E-state index in [0.717, 1.165) is 28.8 Å². The Kier molecular flexibility index (Phi) is 4.15. The quantitative estimate of drug-likeness (QED) is 0.754. The van der Waals surface area contributed by atoms with E-state index in [-0.39, 0.29) is 11.8 Å². The fraction of sp³-hybridized carbons (Fsp3) is 0.263. The van der Waals surface area contributed by atoms with Gasteiger partial charge < -0.3 is 9.73 Å². The Morgan fingerprint density at radius 3 is 2.78 bits per heavy atom. The van der Waals surface area contributed by atoms with Crippen molar-refractivity contribution in [3.8, 4) is 11.5 Å². The van der Waals surface area contributed by atoms with Gasteiger partial charge in [-0.2, -0.15) is 0 Å². The number of hydrogen-bond donors (Lipinski definition) is 1. The first kappa shape index (κ1) is 15.3. The maximum atomic E-state index is 12.0. The molecule has 1 unspecified atom stereocenters. The van der Waals surface area contributed by atoms with Crippen molar-refractivity contribution in [1.29, 1.82) is 0 Å². The van der Waals surface area contributed by atoms with Gasteiger partial charge in [0, 0.05) is 23.2 Å². The highest BCUT2D eigenvalue weighted by molar-refractivity contribution is 5.94. The van der Waals surface area contributed by atoms with E-state index in [1.165, 1.54) is 0 Å². The van der Waals surface area contributed by atoms with Crippen molar-refractivity contribution in [1.82, 2.24) is 4.98 Å². The Balaban J connectivity index is 1.92. The van der Waals surface area contributed by atoms with Crippen molar-refractivity contribution in [2.45, 2.75) is 27.2 Å². The van der Waals surface area contributed by atoms with E-state index in [1.807, 2.05) is 63.2 Å². The van der Waals surface area contributed by atoms with Crippen LogP contribution in [0.25, 0.3) is 22.6 Å². The van der Waals surface area contributed by atoms with E-state index >= 15 is 0 Å². The van der Waals surface area contributed by atoms with Crippen LogP contribution in [0.5, 0.6) is 0 Å². The largest absolute Gasteiger partial charge is 0.436 e. The lowest BCUT2D eigenvalue weighted by atomic mass is 10.1. The minimum Gasteiger partial charge on any atom is -0.436 e. The normalized spacial score (nSPS) is 12.3. The number of carbonyl (C=O) groups is 1. The van der Waals surface area contributed by atoms with Crippen LogP contribution in [0.3, 0.4) is 0 Å². The highest BCUT2D eigenvalue weighted by Crippen LogP contribution is 2.28. The Labute approximate surface area is 135 Å². The van der Waals surface area contributed by atoms with Gasteiger partial charge in [-0.05, 0) is 37.1 Å². The molecule has 0 saturated carbocycles. The van der Waals surface area contributed by atoms with Gasteiger partial charge in [0.15, 0.2) is 5.58 Å². The minimum absolute atomic E-state index is 0.0112. The van der Waals surface area contributed by atoms with Gasteiger partial charge >= 0.3 is 0 Å². The van der Waals surface area contributed by atoms with Crippen LogP contribution in [-0.4, -0.2) is 10.9 Å². The maximum Gasteiger partial charge on any atom is 0.227 e. The van der Waals surface area contributed by atoms with Crippen molar-refractivity contribution < 1.29 is 9.21 Å². The molecule has 4 nitrogen and oxygen atoms in total. The fourth-order valence-corrected chi connectivity index (χ4v) is 2.38. The zero-order valence-electron chi connectivity index (χ0n) is 13.6. The molecule has 1 heterocycles. The number of aryl methyl sites for hydroxylation is 1. The Morgan fingerprint density at radius 1 is 1.26 bits per heavy atom. The molecule has 2 aromatic carbocycles. The summed E-state index contributed by atoms with van der Waals surface area (Å²) in [5.41, 5.74) is 4.28. The zero-order valence-corrected chi connectivity index (χ0v) is 13.6. The molecule has 1 amide bonds. The second-order valence-corrected chi connectivity index (χ2v) is 5.81. The first-order valence-electron chi connectivity index (χ1n) is 7.86. The number of rotatable bonds is 4. The van der Waals surface area contributed by atoms with Crippen LogP contribution >= 0.6 is 0 Å². The summed E-state index contributed by atoms with van der Waals surface area (Å²) in [4.78, 5) is 16.5. The standard InChI is InChI=1S/C19H20N2O2/c1-4-12(2)18(22)20-14-9-10-16-17(11-14)23-19(21-16)15-8-6-5-7-13(15)3/h5-12H,4H2,1-3H3,(H,20,22). The molecule has 0 fully saturated rings. The third-order valence-electron chi connectivity index (χ3n) is 4.09. The van der Waals surface area contributed by atoms with Gasteiger partial charge in [0.1, 0.15) is 5.52 Å². The second kappa shape index (κ2) is 6.24. The minimum atomic E-state index is -0.0112. The molecule has 0 aliphatic rings.